The Labute approximate surface area is 159 Å². The quantitative estimate of drug-likeness (QED) is 0.738. The number of Topliss-reactive ketones (excluding diaryl/α,β-unsaturated/α-hetero) is 1. The average molecular weight is 420 g/mol. The summed E-state index contributed by atoms with van der Waals surface area (Å²) in [4.78, 5) is 24.4. The Bertz CT molecular complexity index is 880. The lowest BCUT2D eigenvalue weighted by Gasteiger charge is -2.17. The van der Waals surface area contributed by atoms with Crippen molar-refractivity contribution in [1.29, 1.82) is 0 Å². The van der Waals surface area contributed by atoms with Crippen molar-refractivity contribution in [3.05, 3.63) is 45.9 Å². The van der Waals surface area contributed by atoms with Crippen LogP contribution >= 0.6 is 15.9 Å². The van der Waals surface area contributed by atoms with Gasteiger partial charge in [0.05, 0.1) is 10.2 Å². The second-order valence-electron chi connectivity index (χ2n) is 5.99. The van der Waals surface area contributed by atoms with Gasteiger partial charge in [0.2, 0.25) is 6.79 Å². The minimum absolute atomic E-state index is 0.0883. The molecule has 2 aromatic rings. The number of hydrogen-bond donors (Lipinski definition) is 1. The number of carbonyl (C=O) groups excluding carboxylic acids is 2. The first-order valence-corrected chi connectivity index (χ1v) is 8.82. The molecule has 0 bridgehead atoms. The van der Waals surface area contributed by atoms with E-state index in [-0.39, 0.29) is 18.5 Å². The van der Waals surface area contributed by atoms with Gasteiger partial charge in [-0.3, -0.25) is 9.59 Å². The highest BCUT2D eigenvalue weighted by atomic mass is 79.9. The molecule has 2 aromatic carbocycles. The lowest BCUT2D eigenvalue weighted by atomic mass is 10.1. The summed E-state index contributed by atoms with van der Waals surface area (Å²) in [5.74, 6) is 0.976. The number of nitrogens with one attached hydrogen (secondary N) is 1. The van der Waals surface area contributed by atoms with Crippen LogP contribution in [-0.2, 0) is 4.79 Å². The molecule has 0 aliphatic carbocycles. The highest BCUT2D eigenvalue weighted by Crippen LogP contribution is 2.37. The van der Waals surface area contributed by atoms with Gasteiger partial charge in [0.25, 0.3) is 5.91 Å². The molecule has 1 aliphatic rings. The van der Waals surface area contributed by atoms with Crippen LogP contribution in [0.2, 0.25) is 0 Å². The second kappa shape index (κ2) is 7.37. The molecule has 6 nitrogen and oxygen atoms in total. The molecule has 0 fully saturated rings. The van der Waals surface area contributed by atoms with Crippen LogP contribution in [-0.4, -0.2) is 24.6 Å². The molecule has 3 rings (SSSR count). The van der Waals surface area contributed by atoms with Crippen LogP contribution < -0.4 is 19.5 Å². The van der Waals surface area contributed by atoms with Crippen LogP contribution in [0.5, 0.6) is 17.2 Å². The Hall–Kier alpha value is -2.54. The Kier molecular flexibility index (Phi) is 5.18. The van der Waals surface area contributed by atoms with Crippen molar-refractivity contribution in [2.45, 2.75) is 26.9 Å². The number of benzene rings is 2. The number of aryl methyl sites for hydroxylation is 1. The summed E-state index contributed by atoms with van der Waals surface area (Å²) in [6.45, 7) is 5.12. The van der Waals surface area contributed by atoms with E-state index >= 15 is 0 Å². The number of ether oxygens (including phenoxy) is 3. The number of rotatable bonds is 5. The number of hydrogen-bond acceptors (Lipinski definition) is 5. The molecule has 1 aliphatic heterocycles. The Morgan fingerprint density at radius 3 is 2.54 bits per heavy atom. The highest BCUT2D eigenvalue weighted by molar-refractivity contribution is 9.10. The van der Waals surface area contributed by atoms with Gasteiger partial charge in [0.1, 0.15) is 5.75 Å². The summed E-state index contributed by atoms with van der Waals surface area (Å²) in [5, 5.41) is 2.74. The normalized spacial score (nSPS) is 13.2. The number of halogens is 1. The van der Waals surface area contributed by atoms with Crippen LogP contribution in [0.15, 0.2) is 34.8 Å². The van der Waals surface area contributed by atoms with Crippen molar-refractivity contribution in [2.75, 3.05) is 12.1 Å². The third-order valence-electron chi connectivity index (χ3n) is 3.91. The van der Waals surface area contributed by atoms with Gasteiger partial charge in [-0.2, -0.15) is 0 Å². The van der Waals surface area contributed by atoms with Crippen molar-refractivity contribution in [3.63, 3.8) is 0 Å². The van der Waals surface area contributed by atoms with Gasteiger partial charge in [-0.1, -0.05) is 6.07 Å². The third kappa shape index (κ3) is 3.83. The molecular weight excluding hydrogens is 402 g/mol. The highest BCUT2D eigenvalue weighted by Gasteiger charge is 2.23. The van der Waals surface area contributed by atoms with Crippen LogP contribution in [0.4, 0.5) is 5.69 Å². The van der Waals surface area contributed by atoms with E-state index in [1.807, 2.05) is 19.1 Å². The summed E-state index contributed by atoms with van der Waals surface area (Å²) < 4.78 is 17.1. The van der Waals surface area contributed by atoms with Gasteiger partial charge in [0, 0.05) is 11.6 Å². The van der Waals surface area contributed by atoms with E-state index in [9.17, 15) is 9.59 Å². The van der Waals surface area contributed by atoms with E-state index in [0.717, 1.165) is 10.0 Å². The maximum atomic E-state index is 12.5. The van der Waals surface area contributed by atoms with Crippen molar-refractivity contribution >= 4 is 33.3 Å². The van der Waals surface area contributed by atoms with Crippen molar-refractivity contribution < 1.29 is 23.8 Å². The Morgan fingerprint density at radius 1 is 1.19 bits per heavy atom. The van der Waals surface area contributed by atoms with E-state index in [1.165, 1.54) is 6.92 Å². The lowest BCUT2D eigenvalue weighted by molar-refractivity contribution is -0.122. The van der Waals surface area contributed by atoms with Gasteiger partial charge < -0.3 is 19.5 Å². The number of fused-ring (bicyclic) bond motifs is 1. The molecule has 7 heteroatoms. The van der Waals surface area contributed by atoms with Gasteiger partial charge in [-0.25, -0.2) is 0 Å². The summed E-state index contributed by atoms with van der Waals surface area (Å²) in [6.07, 6.45) is -0.765. The van der Waals surface area contributed by atoms with Gasteiger partial charge in [-0.15, -0.1) is 0 Å². The fraction of sp³-hybridized carbons (Fsp3) is 0.263. The molecule has 1 heterocycles. The largest absolute Gasteiger partial charge is 0.480 e. The summed E-state index contributed by atoms with van der Waals surface area (Å²) in [7, 11) is 0. The zero-order valence-electron chi connectivity index (χ0n) is 14.6. The predicted octanol–water partition coefficient (Wildman–Crippen LogP) is 4.09. The molecule has 0 saturated carbocycles. The van der Waals surface area contributed by atoms with Crippen LogP contribution in [0.3, 0.4) is 0 Å². The van der Waals surface area contributed by atoms with E-state index in [4.69, 9.17) is 14.2 Å². The topological polar surface area (TPSA) is 73.9 Å². The molecular formula is C19H18BrNO5. The predicted molar refractivity (Wildman–Crippen MR) is 100 cm³/mol. The number of anilines is 1. The van der Waals surface area contributed by atoms with Gasteiger partial charge in [0.15, 0.2) is 23.4 Å². The van der Waals surface area contributed by atoms with Crippen LogP contribution in [0.25, 0.3) is 0 Å². The van der Waals surface area contributed by atoms with E-state index < -0.39 is 6.10 Å². The summed E-state index contributed by atoms with van der Waals surface area (Å²) >= 11 is 3.42. The van der Waals surface area contributed by atoms with E-state index in [1.54, 1.807) is 25.1 Å². The van der Waals surface area contributed by atoms with Crippen molar-refractivity contribution in [2.24, 2.45) is 0 Å². The van der Waals surface area contributed by atoms with Crippen molar-refractivity contribution in [1.82, 2.24) is 0 Å². The number of amides is 1. The molecule has 0 spiro atoms. The minimum atomic E-state index is -0.765. The van der Waals surface area contributed by atoms with Gasteiger partial charge in [-0.05, 0) is 60.5 Å². The molecule has 1 atom stereocenters. The molecule has 0 radical (unpaired) electrons. The molecule has 0 aromatic heterocycles. The second-order valence-corrected chi connectivity index (χ2v) is 6.84. The maximum absolute atomic E-state index is 12.5. The standard InChI is InChI=1S/C19H18BrNO5/c1-10-4-5-16(14(20)6-10)26-12(3)19(23)21-15-8-18-17(24-9-25-18)7-13(15)11(2)22/h4-8,12H,9H2,1-3H3,(H,21,23)/t12-/m1/s1. The van der Waals surface area contributed by atoms with E-state index in [2.05, 4.69) is 21.2 Å². The molecule has 1 amide bonds. The average Bonchev–Trinajstić information content (AvgIpc) is 3.03. The monoisotopic (exact) mass is 419 g/mol. The fourth-order valence-electron chi connectivity index (χ4n) is 2.52. The van der Waals surface area contributed by atoms with Gasteiger partial charge >= 0.3 is 0 Å². The molecule has 136 valence electrons. The fourth-order valence-corrected chi connectivity index (χ4v) is 3.10. The Morgan fingerprint density at radius 2 is 1.88 bits per heavy atom. The zero-order chi connectivity index (χ0) is 18.8. The number of carbonyl (C=O) groups is 2. The maximum Gasteiger partial charge on any atom is 0.265 e. The first-order chi connectivity index (χ1) is 12.3. The first kappa shape index (κ1) is 18.3. The van der Waals surface area contributed by atoms with Crippen molar-refractivity contribution in [3.8, 4) is 17.2 Å². The zero-order valence-corrected chi connectivity index (χ0v) is 16.2. The summed E-state index contributed by atoms with van der Waals surface area (Å²) in [5.41, 5.74) is 1.80. The lowest BCUT2D eigenvalue weighted by Crippen LogP contribution is -2.30. The van der Waals surface area contributed by atoms with Crippen LogP contribution in [0, 0.1) is 6.92 Å². The Balaban J connectivity index is 1.78. The summed E-state index contributed by atoms with van der Waals surface area (Å²) in [6, 6.07) is 8.76. The first-order valence-electron chi connectivity index (χ1n) is 8.03. The molecule has 0 unspecified atom stereocenters. The SMILES string of the molecule is CC(=O)c1cc2c(cc1NC(=O)[C@@H](C)Oc1ccc(C)cc1Br)OCO2. The van der Waals surface area contributed by atoms with Crippen LogP contribution in [0.1, 0.15) is 29.8 Å². The molecule has 26 heavy (non-hydrogen) atoms. The third-order valence-corrected chi connectivity index (χ3v) is 4.53. The van der Waals surface area contributed by atoms with E-state index in [0.29, 0.717) is 28.5 Å². The number of ketones is 1. The minimum Gasteiger partial charge on any atom is -0.480 e. The molecule has 0 saturated heterocycles. The smallest absolute Gasteiger partial charge is 0.265 e. The molecule has 1 N–H and O–H groups in total.